The van der Waals surface area contributed by atoms with Crippen LogP contribution in [0.3, 0.4) is 0 Å². The van der Waals surface area contributed by atoms with Crippen LogP contribution in [0.5, 0.6) is 5.75 Å². The molecule has 0 radical (unpaired) electrons. The van der Waals surface area contributed by atoms with E-state index in [4.69, 9.17) is 9.47 Å². The molecule has 1 unspecified atom stereocenters. The molecule has 4 heteroatoms. The van der Waals surface area contributed by atoms with E-state index in [9.17, 15) is 0 Å². The van der Waals surface area contributed by atoms with E-state index in [1.807, 2.05) is 18.2 Å². The average molecular weight is 244 g/mol. The lowest BCUT2D eigenvalue weighted by Gasteiger charge is -2.24. The lowest BCUT2D eigenvalue weighted by Crippen LogP contribution is -2.39. The molecule has 0 amide bonds. The van der Waals surface area contributed by atoms with Crippen molar-refractivity contribution in [1.82, 2.24) is 5.32 Å². The monoisotopic (exact) mass is 243 g/mol. The third-order valence-electron chi connectivity index (χ3n) is 2.74. The van der Waals surface area contributed by atoms with E-state index >= 15 is 0 Å². The van der Waals surface area contributed by atoms with Crippen LogP contribution in [0, 0.1) is 0 Å². The van der Waals surface area contributed by atoms with Crippen molar-refractivity contribution in [3.63, 3.8) is 0 Å². The lowest BCUT2D eigenvalue weighted by molar-refractivity contribution is 0.00661. The summed E-state index contributed by atoms with van der Waals surface area (Å²) in [4.78, 5) is 0. The molecule has 1 aliphatic heterocycles. The number of halogens is 1. The largest absolute Gasteiger partial charge is 0.496 e. The van der Waals surface area contributed by atoms with Gasteiger partial charge in [-0.1, -0.05) is 18.2 Å². The highest BCUT2D eigenvalue weighted by Crippen LogP contribution is 2.24. The molecule has 0 aliphatic carbocycles. The number of rotatable bonds is 3. The maximum atomic E-state index is 5.68. The minimum Gasteiger partial charge on any atom is -0.496 e. The van der Waals surface area contributed by atoms with Crippen LogP contribution in [0.15, 0.2) is 24.3 Å². The molecule has 0 saturated carbocycles. The first-order valence-corrected chi connectivity index (χ1v) is 5.24. The van der Waals surface area contributed by atoms with Gasteiger partial charge in [0.05, 0.1) is 13.7 Å². The van der Waals surface area contributed by atoms with E-state index in [-0.39, 0.29) is 18.1 Å². The van der Waals surface area contributed by atoms with Crippen molar-refractivity contribution in [2.24, 2.45) is 0 Å². The summed E-state index contributed by atoms with van der Waals surface area (Å²) >= 11 is 0. The van der Waals surface area contributed by atoms with Gasteiger partial charge in [-0.25, -0.2) is 0 Å². The summed E-state index contributed by atoms with van der Waals surface area (Å²) < 4.78 is 11.0. The van der Waals surface area contributed by atoms with Crippen LogP contribution < -0.4 is 10.1 Å². The van der Waals surface area contributed by atoms with Gasteiger partial charge in [0.25, 0.3) is 0 Å². The summed E-state index contributed by atoms with van der Waals surface area (Å²) in [6, 6.07) is 8.06. The van der Waals surface area contributed by atoms with E-state index in [1.54, 1.807) is 7.11 Å². The fourth-order valence-corrected chi connectivity index (χ4v) is 1.97. The third kappa shape index (κ3) is 2.88. The summed E-state index contributed by atoms with van der Waals surface area (Å²) in [7, 11) is 1.70. The zero-order chi connectivity index (χ0) is 10.7. The minimum atomic E-state index is -0.241. The highest BCUT2D eigenvalue weighted by Gasteiger charge is 2.30. The summed E-state index contributed by atoms with van der Waals surface area (Å²) in [5, 5.41) is 3.35. The van der Waals surface area contributed by atoms with Crippen molar-refractivity contribution in [2.75, 3.05) is 20.3 Å². The smallest absolute Gasteiger partial charge is 0.122 e. The van der Waals surface area contributed by atoms with Crippen molar-refractivity contribution in [1.29, 1.82) is 0 Å². The maximum Gasteiger partial charge on any atom is 0.122 e. The molecular weight excluding hydrogens is 226 g/mol. The van der Waals surface area contributed by atoms with E-state index in [1.165, 1.54) is 5.56 Å². The van der Waals surface area contributed by atoms with E-state index in [0.29, 0.717) is 0 Å². The van der Waals surface area contributed by atoms with Gasteiger partial charge < -0.3 is 9.47 Å². The minimum absolute atomic E-state index is 0. The number of hydrogen-bond acceptors (Lipinski definition) is 3. The third-order valence-corrected chi connectivity index (χ3v) is 2.74. The number of ether oxygens (including phenoxy) is 2. The van der Waals surface area contributed by atoms with Crippen molar-refractivity contribution < 1.29 is 9.47 Å². The fourth-order valence-electron chi connectivity index (χ4n) is 1.97. The Bertz CT molecular complexity index is 338. The van der Waals surface area contributed by atoms with Crippen LogP contribution in [-0.4, -0.2) is 26.0 Å². The second-order valence-electron chi connectivity index (χ2n) is 3.99. The van der Waals surface area contributed by atoms with E-state index in [0.717, 1.165) is 25.3 Å². The highest BCUT2D eigenvalue weighted by molar-refractivity contribution is 5.85. The Hall–Kier alpha value is -0.770. The Labute approximate surface area is 103 Å². The molecule has 1 aromatic carbocycles. The molecule has 1 atom stereocenters. The van der Waals surface area contributed by atoms with Gasteiger partial charge in [0.2, 0.25) is 0 Å². The van der Waals surface area contributed by atoms with Gasteiger partial charge in [0.1, 0.15) is 11.5 Å². The average Bonchev–Trinajstić information content (AvgIpc) is 2.66. The molecule has 3 nitrogen and oxygen atoms in total. The summed E-state index contributed by atoms with van der Waals surface area (Å²) in [5.74, 6) is 0.927. The Morgan fingerprint density at radius 3 is 2.81 bits per heavy atom. The highest BCUT2D eigenvalue weighted by atomic mass is 35.5. The molecule has 1 aromatic rings. The molecule has 0 aromatic heterocycles. The standard InChI is InChI=1S/C12H17NO2.ClH/c1-12(13-7-8-15-12)9-10-5-3-4-6-11(10)14-2;/h3-6,13H,7-9H2,1-2H3;1H. The summed E-state index contributed by atoms with van der Waals surface area (Å²) in [6.45, 7) is 3.78. The Balaban J connectivity index is 0.00000128. The van der Waals surface area contributed by atoms with E-state index in [2.05, 4.69) is 18.3 Å². The molecule has 1 N–H and O–H groups in total. The lowest BCUT2D eigenvalue weighted by atomic mass is 10.0. The number of hydrogen-bond donors (Lipinski definition) is 1. The van der Waals surface area contributed by atoms with Crippen molar-refractivity contribution in [3.05, 3.63) is 29.8 Å². The van der Waals surface area contributed by atoms with Crippen LogP contribution in [0.1, 0.15) is 12.5 Å². The molecule has 1 heterocycles. The SMILES string of the molecule is COc1ccccc1CC1(C)NCCO1.Cl. The van der Waals surface area contributed by atoms with Crippen LogP contribution >= 0.6 is 12.4 Å². The van der Waals surface area contributed by atoms with Crippen LogP contribution in [-0.2, 0) is 11.2 Å². The number of benzene rings is 1. The van der Waals surface area contributed by atoms with Gasteiger partial charge in [0.15, 0.2) is 0 Å². The van der Waals surface area contributed by atoms with Gasteiger partial charge in [-0.2, -0.15) is 0 Å². The van der Waals surface area contributed by atoms with Gasteiger partial charge in [0, 0.05) is 13.0 Å². The zero-order valence-electron chi connectivity index (χ0n) is 9.66. The zero-order valence-corrected chi connectivity index (χ0v) is 10.5. The van der Waals surface area contributed by atoms with Crippen molar-refractivity contribution in [2.45, 2.75) is 19.1 Å². The van der Waals surface area contributed by atoms with Gasteiger partial charge in [-0.3, -0.25) is 5.32 Å². The normalized spacial score (nSPS) is 23.9. The molecule has 1 fully saturated rings. The number of nitrogens with one attached hydrogen (secondary N) is 1. The predicted molar refractivity (Wildman–Crippen MR) is 66.3 cm³/mol. The second kappa shape index (κ2) is 5.53. The molecule has 0 bridgehead atoms. The topological polar surface area (TPSA) is 30.5 Å². The van der Waals surface area contributed by atoms with Gasteiger partial charge in [-0.05, 0) is 18.6 Å². The maximum absolute atomic E-state index is 5.68. The van der Waals surface area contributed by atoms with Crippen LogP contribution in [0.25, 0.3) is 0 Å². The summed E-state index contributed by atoms with van der Waals surface area (Å²) in [5.41, 5.74) is 0.936. The molecule has 16 heavy (non-hydrogen) atoms. The van der Waals surface area contributed by atoms with E-state index < -0.39 is 0 Å². The van der Waals surface area contributed by atoms with Gasteiger partial charge >= 0.3 is 0 Å². The van der Waals surface area contributed by atoms with Crippen LogP contribution in [0.2, 0.25) is 0 Å². The molecule has 90 valence electrons. The quantitative estimate of drug-likeness (QED) is 0.881. The molecule has 1 aliphatic rings. The molecule has 0 spiro atoms. The molecule has 2 rings (SSSR count). The first-order chi connectivity index (χ1) is 7.23. The Morgan fingerprint density at radius 1 is 1.44 bits per heavy atom. The first kappa shape index (κ1) is 13.3. The first-order valence-electron chi connectivity index (χ1n) is 5.24. The summed E-state index contributed by atoms with van der Waals surface area (Å²) in [6.07, 6.45) is 0.830. The molecular formula is C12H18ClNO2. The Morgan fingerprint density at radius 2 is 2.19 bits per heavy atom. The Kier molecular flexibility index (Phi) is 4.59. The number of para-hydroxylation sites is 1. The van der Waals surface area contributed by atoms with Gasteiger partial charge in [-0.15, -0.1) is 12.4 Å². The predicted octanol–water partition coefficient (Wildman–Crippen LogP) is 2.00. The molecule has 1 saturated heterocycles. The van der Waals surface area contributed by atoms with Crippen LogP contribution in [0.4, 0.5) is 0 Å². The fraction of sp³-hybridized carbons (Fsp3) is 0.500. The number of methoxy groups -OCH3 is 1. The van der Waals surface area contributed by atoms with Crippen molar-refractivity contribution in [3.8, 4) is 5.75 Å². The second-order valence-corrected chi connectivity index (χ2v) is 3.99. The van der Waals surface area contributed by atoms with Crippen molar-refractivity contribution >= 4 is 12.4 Å².